The van der Waals surface area contributed by atoms with Crippen molar-refractivity contribution >= 4 is 0 Å². The molecule has 3 heteroatoms. The van der Waals surface area contributed by atoms with Crippen molar-refractivity contribution in [1.82, 2.24) is 9.78 Å². The molecule has 0 saturated carbocycles. The predicted molar refractivity (Wildman–Crippen MR) is 68.7 cm³/mol. The maximum Gasteiger partial charge on any atom is 0.103 e. The van der Waals surface area contributed by atoms with Crippen molar-refractivity contribution in [1.29, 1.82) is 0 Å². The van der Waals surface area contributed by atoms with Crippen LogP contribution in [0.5, 0.6) is 0 Å². The molecule has 1 aromatic rings. The molecule has 1 aliphatic carbocycles. The fourth-order valence-electron chi connectivity index (χ4n) is 2.54. The van der Waals surface area contributed by atoms with E-state index in [1.54, 1.807) is 4.68 Å². The van der Waals surface area contributed by atoms with Gasteiger partial charge in [0.15, 0.2) is 0 Å². The maximum absolute atomic E-state index is 10.5. The minimum absolute atomic E-state index is 0.447. The Morgan fingerprint density at radius 1 is 1.41 bits per heavy atom. The molecule has 1 atom stereocenters. The highest BCUT2D eigenvalue weighted by atomic mass is 16.3. The minimum atomic E-state index is -0.447. The zero-order valence-corrected chi connectivity index (χ0v) is 10.8. The van der Waals surface area contributed by atoms with Gasteiger partial charge in [0, 0.05) is 18.8 Å². The van der Waals surface area contributed by atoms with Crippen LogP contribution in [0.1, 0.15) is 56.4 Å². The highest BCUT2D eigenvalue weighted by Gasteiger charge is 2.19. The Morgan fingerprint density at radius 3 is 3.00 bits per heavy atom. The summed E-state index contributed by atoms with van der Waals surface area (Å²) in [6, 6.07) is 0. The van der Waals surface area contributed by atoms with Crippen LogP contribution >= 0.6 is 0 Å². The van der Waals surface area contributed by atoms with Crippen molar-refractivity contribution in [3.05, 3.63) is 29.1 Å². The third kappa shape index (κ3) is 2.78. The zero-order chi connectivity index (χ0) is 12.3. The standard InChI is InChI=1S/C14H22N2O/c1-3-13-12(10-16(2)15-13)14(17)11-8-6-4-5-7-9-11/h8,10,14,17H,3-7,9H2,1-2H3. The molecule has 3 nitrogen and oxygen atoms in total. The van der Waals surface area contributed by atoms with Crippen molar-refractivity contribution in [3.8, 4) is 0 Å². The van der Waals surface area contributed by atoms with Crippen LogP contribution in [-0.4, -0.2) is 14.9 Å². The highest BCUT2D eigenvalue weighted by molar-refractivity contribution is 5.28. The Labute approximate surface area is 103 Å². The molecule has 0 saturated heterocycles. The summed E-state index contributed by atoms with van der Waals surface area (Å²) in [7, 11) is 1.91. The fraction of sp³-hybridized carbons (Fsp3) is 0.643. The summed E-state index contributed by atoms with van der Waals surface area (Å²) >= 11 is 0. The molecular formula is C14H22N2O. The molecule has 1 aromatic heterocycles. The van der Waals surface area contributed by atoms with Gasteiger partial charge in [0.05, 0.1) is 5.69 Å². The Balaban J connectivity index is 2.22. The summed E-state index contributed by atoms with van der Waals surface area (Å²) in [4.78, 5) is 0. The lowest BCUT2D eigenvalue weighted by Gasteiger charge is -2.13. The number of aryl methyl sites for hydroxylation is 2. The van der Waals surface area contributed by atoms with Crippen LogP contribution in [-0.2, 0) is 13.5 Å². The third-order valence-electron chi connectivity index (χ3n) is 3.49. The van der Waals surface area contributed by atoms with E-state index in [2.05, 4.69) is 18.1 Å². The number of hydrogen-bond acceptors (Lipinski definition) is 2. The van der Waals surface area contributed by atoms with Crippen LogP contribution < -0.4 is 0 Å². The largest absolute Gasteiger partial charge is 0.384 e. The number of aliphatic hydroxyl groups excluding tert-OH is 1. The smallest absolute Gasteiger partial charge is 0.103 e. The van der Waals surface area contributed by atoms with Gasteiger partial charge < -0.3 is 5.11 Å². The van der Waals surface area contributed by atoms with Crippen molar-refractivity contribution in [2.45, 2.75) is 51.6 Å². The number of allylic oxidation sites excluding steroid dienone is 1. The van der Waals surface area contributed by atoms with E-state index in [1.165, 1.54) is 24.8 Å². The summed E-state index contributed by atoms with van der Waals surface area (Å²) in [5, 5.41) is 14.9. The number of aromatic nitrogens is 2. The molecule has 1 heterocycles. The van der Waals surface area contributed by atoms with Gasteiger partial charge in [-0.3, -0.25) is 4.68 Å². The summed E-state index contributed by atoms with van der Waals surface area (Å²) in [6.07, 6.45) is 10.5. The monoisotopic (exact) mass is 234 g/mol. The minimum Gasteiger partial charge on any atom is -0.384 e. The van der Waals surface area contributed by atoms with Gasteiger partial charge in [-0.2, -0.15) is 5.10 Å². The van der Waals surface area contributed by atoms with E-state index in [0.29, 0.717) is 0 Å². The van der Waals surface area contributed by atoms with Crippen molar-refractivity contribution in [2.24, 2.45) is 7.05 Å². The molecule has 0 fully saturated rings. The number of rotatable bonds is 3. The van der Waals surface area contributed by atoms with Gasteiger partial charge in [-0.1, -0.05) is 19.4 Å². The van der Waals surface area contributed by atoms with Crippen molar-refractivity contribution < 1.29 is 5.11 Å². The van der Waals surface area contributed by atoms with E-state index in [0.717, 1.165) is 30.5 Å². The van der Waals surface area contributed by atoms with Crippen LogP contribution in [0.2, 0.25) is 0 Å². The van der Waals surface area contributed by atoms with Crippen LogP contribution in [0.3, 0.4) is 0 Å². The Bertz CT molecular complexity index is 406. The van der Waals surface area contributed by atoms with Gasteiger partial charge in [-0.05, 0) is 37.7 Å². The molecule has 1 aliphatic rings. The topological polar surface area (TPSA) is 38.0 Å². The zero-order valence-electron chi connectivity index (χ0n) is 10.8. The van der Waals surface area contributed by atoms with E-state index in [4.69, 9.17) is 0 Å². The van der Waals surface area contributed by atoms with Crippen LogP contribution in [0.25, 0.3) is 0 Å². The summed E-state index contributed by atoms with van der Waals surface area (Å²) in [5.41, 5.74) is 3.19. The SMILES string of the molecule is CCc1nn(C)cc1C(O)C1=CCCCCC1. The van der Waals surface area contributed by atoms with Gasteiger partial charge >= 0.3 is 0 Å². The lowest BCUT2D eigenvalue weighted by molar-refractivity contribution is 0.209. The predicted octanol–water partition coefficient (Wildman–Crippen LogP) is 2.91. The molecule has 17 heavy (non-hydrogen) atoms. The molecular weight excluding hydrogens is 212 g/mol. The third-order valence-corrected chi connectivity index (χ3v) is 3.49. The Kier molecular flexibility index (Phi) is 4.00. The van der Waals surface area contributed by atoms with Gasteiger partial charge in [-0.15, -0.1) is 0 Å². The lowest BCUT2D eigenvalue weighted by atomic mass is 9.97. The van der Waals surface area contributed by atoms with E-state index in [9.17, 15) is 5.11 Å². The molecule has 2 rings (SSSR count). The average molecular weight is 234 g/mol. The van der Waals surface area contributed by atoms with Gasteiger partial charge in [0.2, 0.25) is 0 Å². The normalized spacial score (nSPS) is 18.6. The van der Waals surface area contributed by atoms with Gasteiger partial charge in [-0.25, -0.2) is 0 Å². The van der Waals surface area contributed by atoms with E-state index >= 15 is 0 Å². The van der Waals surface area contributed by atoms with E-state index in [-0.39, 0.29) is 0 Å². The highest BCUT2D eigenvalue weighted by Crippen LogP contribution is 2.30. The first-order valence-corrected chi connectivity index (χ1v) is 6.61. The van der Waals surface area contributed by atoms with Crippen LogP contribution in [0.4, 0.5) is 0 Å². The first-order chi connectivity index (χ1) is 8.22. The quantitative estimate of drug-likeness (QED) is 0.817. The molecule has 0 amide bonds. The first kappa shape index (κ1) is 12.4. The van der Waals surface area contributed by atoms with Crippen molar-refractivity contribution in [2.75, 3.05) is 0 Å². The number of nitrogens with zero attached hydrogens (tertiary/aromatic N) is 2. The van der Waals surface area contributed by atoms with Crippen molar-refractivity contribution in [3.63, 3.8) is 0 Å². The van der Waals surface area contributed by atoms with Crippen LogP contribution in [0, 0.1) is 0 Å². The second-order valence-corrected chi connectivity index (χ2v) is 4.84. The van der Waals surface area contributed by atoms with Gasteiger partial charge in [0.1, 0.15) is 6.10 Å². The maximum atomic E-state index is 10.5. The van der Waals surface area contributed by atoms with Crippen LogP contribution in [0.15, 0.2) is 17.8 Å². The average Bonchev–Trinajstić information content (AvgIpc) is 2.55. The van der Waals surface area contributed by atoms with E-state index < -0.39 is 6.10 Å². The summed E-state index contributed by atoms with van der Waals surface area (Å²) in [6.45, 7) is 2.08. The Hall–Kier alpha value is -1.09. The molecule has 0 aromatic carbocycles. The summed E-state index contributed by atoms with van der Waals surface area (Å²) in [5.74, 6) is 0. The molecule has 0 radical (unpaired) electrons. The molecule has 0 bridgehead atoms. The fourth-order valence-corrected chi connectivity index (χ4v) is 2.54. The van der Waals surface area contributed by atoms with Gasteiger partial charge in [0.25, 0.3) is 0 Å². The summed E-state index contributed by atoms with van der Waals surface area (Å²) < 4.78 is 1.80. The second-order valence-electron chi connectivity index (χ2n) is 4.84. The lowest BCUT2D eigenvalue weighted by Crippen LogP contribution is -2.03. The van der Waals surface area contributed by atoms with E-state index in [1.807, 2.05) is 13.2 Å². The molecule has 0 spiro atoms. The molecule has 94 valence electrons. The first-order valence-electron chi connectivity index (χ1n) is 6.61. The Morgan fingerprint density at radius 2 is 2.24 bits per heavy atom. The molecule has 1 N–H and O–H groups in total. The molecule has 1 unspecified atom stereocenters. The number of aliphatic hydroxyl groups is 1. The second kappa shape index (κ2) is 5.50. The molecule has 0 aliphatic heterocycles. The number of hydrogen-bond donors (Lipinski definition) is 1.